The second-order valence-electron chi connectivity index (χ2n) is 4.80. The van der Waals surface area contributed by atoms with Gasteiger partial charge in [-0.2, -0.15) is 0 Å². The van der Waals surface area contributed by atoms with Gasteiger partial charge in [0.1, 0.15) is 5.75 Å². The Morgan fingerprint density at radius 2 is 1.83 bits per heavy atom. The lowest BCUT2D eigenvalue weighted by atomic mass is 10.2. The molecule has 2 rings (SSSR count). The van der Waals surface area contributed by atoms with E-state index in [-0.39, 0.29) is 17.1 Å². The molecule has 1 N–H and O–H groups in total. The van der Waals surface area contributed by atoms with E-state index in [1.165, 1.54) is 31.2 Å². The third-order valence-corrected chi connectivity index (χ3v) is 3.28. The van der Waals surface area contributed by atoms with Gasteiger partial charge in [0.2, 0.25) is 0 Å². The van der Waals surface area contributed by atoms with Crippen molar-refractivity contribution in [2.24, 2.45) is 0 Å². The highest BCUT2D eigenvalue weighted by Crippen LogP contribution is 2.29. The third kappa shape index (κ3) is 3.67. The lowest BCUT2D eigenvalue weighted by Crippen LogP contribution is -2.37. The lowest BCUT2D eigenvalue weighted by Gasteiger charge is -2.17. The maximum absolute atomic E-state index is 12.2. The molecule has 8 heteroatoms. The number of hydrogen-bond donors (Lipinski definition) is 1. The van der Waals surface area contributed by atoms with E-state index in [1.807, 2.05) is 0 Å². The third-order valence-electron chi connectivity index (χ3n) is 3.28. The van der Waals surface area contributed by atoms with Crippen LogP contribution in [0, 0.1) is 10.1 Å². The first kappa shape index (κ1) is 16.9. The van der Waals surface area contributed by atoms with Crippen molar-refractivity contribution in [3.63, 3.8) is 0 Å². The highest BCUT2D eigenvalue weighted by atomic mass is 16.6. The van der Waals surface area contributed by atoms with Crippen molar-refractivity contribution < 1.29 is 19.2 Å². The van der Waals surface area contributed by atoms with Gasteiger partial charge in [0.15, 0.2) is 0 Å². The van der Waals surface area contributed by atoms with Gasteiger partial charge in [-0.25, -0.2) is 0 Å². The second-order valence-corrected chi connectivity index (χ2v) is 4.80. The number of non-ortho nitro benzene ring substituents is 1. The lowest BCUT2D eigenvalue weighted by molar-refractivity contribution is -0.384. The van der Waals surface area contributed by atoms with Gasteiger partial charge < -0.3 is 15.0 Å². The minimum atomic E-state index is -0.930. The fraction of sp³-hybridized carbons (Fsp3) is 0.125. The quantitative estimate of drug-likeness (QED) is 0.526. The van der Waals surface area contributed by atoms with Crippen LogP contribution in [0.4, 0.5) is 17.1 Å². The largest absolute Gasteiger partial charge is 0.495 e. The number of amides is 2. The molecule has 0 unspecified atom stereocenters. The predicted molar refractivity (Wildman–Crippen MR) is 88.1 cm³/mol. The molecule has 0 saturated carbocycles. The average molecular weight is 329 g/mol. The molecule has 0 spiro atoms. The first-order valence-corrected chi connectivity index (χ1v) is 6.90. The first-order chi connectivity index (χ1) is 11.4. The van der Waals surface area contributed by atoms with Gasteiger partial charge in [0.25, 0.3) is 5.69 Å². The van der Waals surface area contributed by atoms with Crippen LogP contribution in [-0.2, 0) is 9.59 Å². The normalized spacial score (nSPS) is 9.92. The smallest absolute Gasteiger partial charge is 0.316 e. The van der Waals surface area contributed by atoms with Gasteiger partial charge in [0, 0.05) is 24.9 Å². The molecule has 0 bridgehead atoms. The SMILES string of the molecule is COc1ccc([N+](=O)[O-])cc1NC(=O)C(=O)N(C)c1ccccc1. The summed E-state index contributed by atoms with van der Waals surface area (Å²) in [5.74, 6) is -1.53. The van der Waals surface area contributed by atoms with Crippen LogP contribution in [0.2, 0.25) is 0 Å². The van der Waals surface area contributed by atoms with E-state index >= 15 is 0 Å². The van der Waals surface area contributed by atoms with Crippen molar-refractivity contribution in [3.8, 4) is 5.75 Å². The summed E-state index contributed by atoms with van der Waals surface area (Å²) >= 11 is 0. The molecule has 0 heterocycles. The monoisotopic (exact) mass is 329 g/mol. The maximum Gasteiger partial charge on any atom is 0.316 e. The van der Waals surface area contributed by atoms with Crippen molar-refractivity contribution in [1.82, 2.24) is 0 Å². The van der Waals surface area contributed by atoms with Crippen molar-refractivity contribution in [2.75, 3.05) is 24.4 Å². The number of likely N-dealkylation sites (N-methyl/N-ethyl adjacent to an activating group) is 1. The summed E-state index contributed by atoms with van der Waals surface area (Å²) < 4.78 is 5.04. The Bertz CT molecular complexity index is 777. The van der Waals surface area contributed by atoms with E-state index in [9.17, 15) is 19.7 Å². The number of benzene rings is 2. The highest BCUT2D eigenvalue weighted by Gasteiger charge is 2.22. The number of carbonyl (C=O) groups is 2. The molecule has 2 aromatic carbocycles. The Hall–Kier alpha value is -3.42. The van der Waals surface area contributed by atoms with Crippen LogP contribution in [0.3, 0.4) is 0 Å². The standard InChI is InChI=1S/C16H15N3O5/c1-18(11-6-4-3-5-7-11)16(21)15(20)17-13-10-12(19(22)23)8-9-14(13)24-2/h3-10H,1-2H3,(H,17,20). The average Bonchev–Trinajstić information content (AvgIpc) is 2.60. The number of nitrogens with zero attached hydrogens (tertiary/aromatic N) is 2. The predicted octanol–water partition coefficient (Wildman–Crippen LogP) is 2.20. The summed E-state index contributed by atoms with van der Waals surface area (Å²) in [5, 5.41) is 13.2. The van der Waals surface area contributed by atoms with E-state index in [1.54, 1.807) is 30.3 Å². The summed E-state index contributed by atoms with van der Waals surface area (Å²) in [6.07, 6.45) is 0. The number of hydrogen-bond acceptors (Lipinski definition) is 5. The topological polar surface area (TPSA) is 102 Å². The van der Waals surface area contributed by atoms with Crippen molar-refractivity contribution >= 4 is 28.9 Å². The zero-order valence-corrected chi connectivity index (χ0v) is 13.1. The van der Waals surface area contributed by atoms with Crippen LogP contribution in [0.25, 0.3) is 0 Å². The number of nitro groups is 1. The molecule has 124 valence electrons. The van der Waals surface area contributed by atoms with Gasteiger partial charge in [-0.1, -0.05) is 18.2 Å². The van der Waals surface area contributed by atoms with Gasteiger partial charge >= 0.3 is 11.8 Å². The molecule has 0 aliphatic carbocycles. The highest BCUT2D eigenvalue weighted by molar-refractivity contribution is 6.44. The van der Waals surface area contributed by atoms with E-state index < -0.39 is 16.7 Å². The number of ether oxygens (including phenoxy) is 1. The Labute approximate surface area is 137 Å². The molecule has 0 aliphatic heterocycles. The van der Waals surface area contributed by atoms with Crippen LogP contribution in [-0.4, -0.2) is 30.9 Å². The molecular weight excluding hydrogens is 314 g/mol. The number of para-hydroxylation sites is 1. The van der Waals surface area contributed by atoms with Gasteiger partial charge in [-0.3, -0.25) is 19.7 Å². The van der Waals surface area contributed by atoms with Crippen LogP contribution in [0.5, 0.6) is 5.75 Å². The van der Waals surface area contributed by atoms with Crippen molar-refractivity contribution in [1.29, 1.82) is 0 Å². The molecule has 0 aromatic heterocycles. The van der Waals surface area contributed by atoms with E-state index in [0.29, 0.717) is 5.69 Å². The number of nitrogens with one attached hydrogen (secondary N) is 1. The molecule has 0 fully saturated rings. The molecular formula is C16H15N3O5. The Balaban J connectivity index is 2.21. The van der Waals surface area contributed by atoms with Crippen LogP contribution in [0.15, 0.2) is 48.5 Å². The van der Waals surface area contributed by atoms with E-state index in [0.717, 1.165) is 6.07 Å². The fourth-order valence-electron chi connectivity index (χ4n) is 2.00. The van der Waals surface area contributed by atoms with Gasteiger partial charge in [-0.15, -0.1) is 0 Å². The number of methoxy groups -OCH3 is 1. The second kappa shape index (κ2) is 7.23. The zero-order chi connectivity index (χ0) is 17.7. The maximum atomic E-state index is 12.2. The summed E-state index contributed by atoms with van der Waals surface area (Å²) in [6.45, 7) is 0. The summed E-state index contributed by atoms with van der Waals surface area (Å²) in [5.41, 5.74) is 0.366. The summed E-state index contributed by atoms with van der Waals surface area (Å²) in [4.78, 5) is 35.8. The number of rotatable bonds is 4. The van der Waals surface area contributed by atoms with E-state index in [2.05, 4.69) is 5.32 Å². The molecule has 8 nitrogen and oxygen atoms in total. The molecule has 24 heavy (non-hydrogen) atoms. The molecule has 0 atom stereocenters. The number of anilines is 2. The van der Waals surface area contributed by atoms with Crippen molar-refractivity contribution in [3.05, 3.63) is 58.6 Å². The number of nitro benzene ring substituents is 1. The zero-order valence-electron chi connectivity index (χ0n) is 13.1. The van der Waals surface area contributed by atoms with Crippen molar-refractivity contribution in [2.45, 2.75) is 0 Å². The number of carbonyl (C=O) groups excluding carboxylic acids is 2. The van der Waals surface area contributed by atoms with E-state index in [4.69, 9.17) is 4.74 Å². The summed E-state index contributed by atoms with van der Waals surface area (Å²) in [6, 6.07) is 12.3. The summed E-state index contributed by atoms with van der Waals surface area (Å²) in [7, 11) is 2.82. The fourth-order valence-corrected chi connectivity index (χ4v) is 2.00. The first-order valence-electron chi connectivity index (χ1n) is 6.90. The minimum Gasteiger partial charge on any atom is -0.495 e. The van der Waals surface area contributed by atoms with Gasteiger partial charge in [-0.05, 0) is 18.2 Å². The van der Waals surface area contributed by atoms with Crippen LogP contribution < -0.4 is 15.0 Å². The van der Waals surface area contributed by atoms with Crippen LogP contribution >= 0.6 is 0 Å². The molecule has 0 radical (unpaired) electrons. The van der Waals surface area contributed by atoms with Gasteiger partial charge in [0.05, 0.1) is 17.7 Å². The molecule has 2 aromatic rings. The Kier molecular flexibility index (Phi) is 5.10. The minimum absolute atomic E-state index is 0.0477. The Morgan fingerprint density at radius 3 is 2.42 bits per heavy atom. The Morgan fingerprint density at radius 1 is 1.17 bits per heavy atom. The molecule has 0 aliphatic rings. The molecule has 0 saturated heterocycles. The molecule has 2 amide bonds. The van der Waals surface area contributed by atoms with Crippen LogP contribution in [0.1, 0.15) is 0 Å².